The van der Waals surface area contributed by atoms with E-state index in [2.05, 4.69) is 0 Å². The zero-order valence-electron chi connectivity index (χ0n) is 16.7. The lowest BCUT2D eigenvalue weighted by Crippen LogP contribution is -2.14. The van der Waals surface area contributed by atoms with Gasteiger partial charge in [0.1, 0.15) is 0 Å². The predicted octanol–water partition coefficient (Wildman–Crippen LogP) is 3.52. The second-order valence-electron chi connectivity index (χ2n) is 7.41. The first-order chi connectivity index (χ1) is 14.2. The molecule has 0 spiro atoms. The van der Waals surface area contributed by atoms with Crippen molar-refractivity contribution in [2.45, 2.75) is 12.2 Å². The van der Waals surface area contributed by atoms with Crippen molar-refractivity contribution in [2.75, 3.05) is 41.3 Å². The zero-order valence-corrected chi connectivity index (χ0v) is 16.7. The number of rotatable bonds is 5. The largest absolute Gasteiger partial charge is 0.493 e. The minimum absolute atomic E-state index is 0.0264. The van der Waals surface area contributed by atoms with Gasteiger partial charge in [-0.3, -0.25) is 0 Å². The summed E-state index contributed by atoms with van der Waals surface area (Å²) < 4.78 is 39.8. The van der Waals surface area contributed by atoms with Crippen LogP contribution in [0, 0.1) is 11.8 Å². The molecule has 5 rings (SSSR count). The summed E-state index contributed by atoms with van der Waals surface area (Å²) in [5.74, 6) is 3.89. The molecule has 0 aromatic heterocycles. The van der Waals surface area contributed by atoms with Crippen LogP contribution in [-0.2, 0) is 9.47 Å². The van der Waals surface area contributed by atoms with Crippen molar-refractivity contribution in [3.8, 4) is 28.7 Å². The van der Waals surface area contributed by atoms with Crippen LogP contribution in [0.3, 0.4) is 0 Å². The summed E-state index contributed by atoms with van der Waals surface area (Å²) in [5, 5.41) is 0. The lowest BCUT2D eigenvalue weighted by molar-refractivity contribution is 0.0191. The van der Waals surface area contributed by atoms with E-state index in [-0.39, 0.29) is 30.8 Å². The SMILES string of the molecule is COc1cc([C@@H]2OC[C@H]3[C@@H]2CO[C@@H]3c2ccc3c(c2)OCO3)cc(OC)c1OC. The van der Waals surface area contributed by atoms with Crippen LogP contribution < -0.4 is 23.7 Å². The molecule has 3 aliphatic rings. The second kappa shape index (κ2) is 7.31. The molecular weight excluding hydrogens is 376 g/mol. The van der Waals surface area contributed by atoms with E-state index in [0.29, 0.717) is 30.5 Å². The van der Waals surface area contributed by atoms with Crippen molar-refractivity contribution in [1.82, 2.24) is 0 Å². The van der Waals surface area contributed by atoms with Gasteiger partial charge in [0.15, 0.2) is 23.0 Å². The van der Waals surface area contributed by atoms with E-state index >= 15 is 0 Å². The van der Waals surface area contributed by atoms with Gasteiger partial charge in [-0.25, -0.2) is 0 Å². The van der Waals surface area contributed by atoms with Crippen LogP contribution in [0.1, 0.15) is 23.3 Å². The highest BCUT2D eigenvalue weighted by Gasteiger charge is 2.48. The van der Waals surface area contributed by atoms with Gasteiger partial charge < -0.3 is 33.2 Å². The third-order valence-corrected chi connectivity index (χ3v) is 6.00. The first kappa shape index (κ1) is 18.4. The molecule has 2 saturated heterocycles. The highest BCUT2D eigenvalue weighted by atomic mass is 16.7. The predicted molar refractivity (Wildman–Crippen MR) is 103 cm³/mol. The monoisotopic (exact) mass is 400 g/mol. The summed E-state index contributed by atoms with van der Waals surface area (Å²) in [6.45, 7) is 1.53. The van der Waals surface area contributed by atoms with Crippen molar-refractivity contribution in [1.29, 1.82) is 0 Å². The van der Waals surface area contributed by atoms with E-state index in [1.165, 1.54) is 0 Å². The summed E-state index contributed by atoms with van der Waals surface area (Å²) in [6, 6.07) is 9.93. The van der Waals surface area contributed by atoms with Crippen molar-refractivity contribution in [2.24, 2.45) is 11.8 Å². The molecule has 7 heteroatoms. The number of benzene rings is 2. The molecule has 2 aromatic carbocycles. The van der Waals surface area contributed by atoms with Crippen molar-refractivity contribution in [3.63, 3.8) is 0 Å². The summed E-state index contributed by atoms with van der Waals surface area (Å²) in [6.07, 6.45) is -0.116. The molecule has 4 atom stereocenters. The third-order valence-electron chi connectivity index (χ3n) is 6.00. The fourth-order valence-corrected chi connectivity index (χ4v) is 4.59. The van der Waals surface area contributed by atoms with Gasteiger partial charge in [-0.15, -0.1) is 0 Å². The van der Waals surface area contributed by atoms with Crippen LogP contribution in [0.25, 0.3) is 0 Å². The van der Waals surface area contributed by atoms with E-state index in [4.69, 9.17) is 33.2 Å². The summed E-state index contributed by atoms with van der Waals surface area (Å²) in [4.78, 5) is 0. The lowest BCUT2D eigenvalue weighted by Gasteiger charge is -2.20. The van der Waals surface area contributed by atoms with Crippen LogP contribution in [-0.4, -0.2) is 41.3 Å². The van der Waals surface area contributed by atoms with E-state index in [9.17, 15) is 0 Å². The van der Waals surface area contributed by atoms with Crippen molar-refractivity contribution in [3.05, 3.63) is 41.5 Å². The Morgan fingerprint density at radius 3 is 1.97 bits per heavy atom. The maximum absolute atomic E-state index is 6.24. The highest BCUT2D eigenvalue weighted by molar-refractivity contribution is 5.54. The van der Waals surface area contributed by atoms with Crippen molar-refractivity contribution >= 4 is 0 Å². The van der Waals surface area contributed by atoms with E-state index in [1.807, 2.05) is 30.3 Å². The molecule has 0 amide bonds. The topological polar surface area (TPSA) is 64.6 Å². The summed E-state index contributed by atoms with van der Waals surface area (Å²) >= 11 is 0. The Hall–Kier alpha value is -2.64. The van der Waals surface area contributed by atoms with Crippen LogP contribution in [0.15, 0.2) is 30.3 Å². The Bertz CT molecular complexity index is 887. The maximum Gasteiger partial charge on any atom is 0.231 e. The average Bonchev–Trinajstić information content (AvgIpc) is 3.47. The molecule has 0 aliphatic carbocycles. The van der Waals surface area contributed by atoms with Crippen LogP contribution in [0.2, 0.25) is 0 Å². The smallest absolute Gasteiger partial charge is 0.231 e. The van der Waals surface area contributed by atoms with E-state index in [0.717, 1.165) is 22.6 Å². The van der Waals surface area contributed by atoms with Crippen LogP contribution in [0.4, 0.5) is 0 Å². The molecular formula is C22H24O7. The number of ether oxygens (including phenoxy) is 7. The second-order valence-corrected chi connectivity index (χ2v) is 7.41. The standard InChI is InChI=1S/C22H24O7/c1-23-18-7-13(8-19(24-2)22(18)25-3)21-15-10-26-20(14(15)9-27-21)12-4-5-16-17(6-12)29-11-28-16/h4-8,14-15,20-21H,9-11H2,1-3H3/t14-,15-,20+,21-/m0/s1. The molecule has 7 nitrogen and oxygen atoms in total. The number of methoxy groups -OCH3 is 3. The number of fused-ring (bicyclic) bond motifs is 2. The molecule has 29 heavy (non-hydrogen) atoms. The zero-order chi connectivity index (χ0) is 20.0. The maximum atomic E-state index is 6.24. The highest BCUT2D eigenvalue weighted by Crippen LogP contribution is 2.52. The molecule has 0 bridgehead atoms. The van der Waals surface area contributed by atoms with Gasteiger partial charge >= 0.3 is 0 Å². The molecule has 3 heterocycles. The van der Waals surface area contributed by atoms with Crippen LogP contribution >= 0.6 is 0 Å². The summed E-state index contributed by atoms with van der Waals surface area (Å²) in [7, 11) is 4.84. The minimum atomic E-state index is -0.0901. The summed E-state index contributed by atoms with van der Waals surface area (Å²) in [5.41, 5.74) is 2.10. The van der Waals surface area contributed by atoms with Gasteiger partial charge in [-0.1, -0.05) is 6.07 Å². The molecule has 0 radical (unpaired) electrons. The van der Waals surface area contributed by atoms with Gasteiger partial charge in [-0.05, 0) is 35.4 Å². The molecule has 0 unspecified atom stereocenters. The van der Waals surface area contributed by atoms with Gasteiger partial charge in [-0.2, -0.15) is 0 Å². The fraction of sp³-hybridized carbons (Fsp3) is 0.455. The first-order valence-electron chi connectivity index (χ1n) is 9.66. The van der Waals surface area contributed by atoms with Gasteiger partial charge in [0.2, 0.25) is 12.5 Å². The van der Waals surface area contributed by atoms with Gasteiger partial charge in [0.25, 0.3) is 0 Å². The minimum Gasteiger partial charge on any atom is -0.493 e. The molecule has 154 valence electrons. The van der Waals surface area contributed by atoms with Gasteiger partial charge in [0.05, 0.1) is 46.8 Å². The van der Waals surface area contributed by atoms with Crippen LogP contribution in [0.5, 0.6) is 28.7 Å². The Kier molecular flexibility index (Phi) is 4.64. The van der Waals surface area contributed by atoms with Crippen molar-refractivity contribution < 1.29 is 33.2 Å². The Labute approximate surface area is 169 Å². The fourth-order valence-electron chi connectivity index (χ4n) is 4.59. The van der Waals surface area contributed by atoms with E-state index < -0.39 is 0 Å². The third kappa shape index (κ3) is 2.96. The van der Waals surface area contributed by atoms with E-state index in [1.54, 1.807) is 21.3 Å². The number of hydrogen-bond acceptors (Lipinski definition) is 7. The quantitative estimate of drug-likeness (QED) is 0.761. The molecule has 3 aliphatic heterocycles. The van der Waals surface area contributed by atoms with Gasteiger partial charge in [0, 0.05) is 11.8 Å². The number of hydrogen-bond donors (Lipinski definition) is 0. The molecule has 0 N–H and O–H groups in total. The normalized spacial score (nSPS) is 27.0. The average molecular weight is 400 g/mol. The first-order valence-corrected chi connectivity index (χ1v) is 9.66. The Morgan fingerprint density at radius 1 is 0.724 bits per heavy atom. The Balaban J connectivity index is 1.42. The molecule has 0 saturated carbocycles. The molecule has 2 aromatic rings. The Morgan fingerprint density at radius 2 is 1.34 bits per heavy atom. The molecule has 2 fully saturated rings. The lowest BCUT2D eigenvalue weighted by atomic mass is 9.85.